The topological polar surface area (TPSA) is 131 Å². The Morgan fingerprint density at radius 1 is 0.921 bits per heavy atom. The maximum atomic E-state index is 12.0. The van der Waals surface area contributed by atoms with Crippen LogP contribution in [0.4, 0.5) is 0 Å². The molecular weight excluding hydrogens is 587 g/mol. The summed E-state index contributed by atoms with van der Waals surface area (Å²) >= 11 is 28.5. The lowest BCUT2D eigenvalue weighted by Gasteiger charge is -2.05. The number of carbonyl (C=O) groups is 2. The van der Waals surface area contributed by atoms with Crippen molar-refractivity contribution in [2.45, 2.75) is 0 Å². The van der Waals surface area contributed by atoms with Crippen molar-refractivity contribution < 1.29 is 14.7 Å². The fourth-order valence-corrected chi connectivity index (χ4v) is 3.38. The average molecular weight is 597 g/mol. The van der Waals surface area contributed by atoms with Crippen LogP contribution in [0, 0.1) is 0 Å². The van der Waals surface area contributed by atoms with Crippen molar-refractivity contribution in [3.8, 4) is 0 Å². The second-order valence-corrected chi connectivity index (χ2v) is 8.79. The molecule has 1 amide bonds. The van der Waals surface area contributed by atoms with Crippen molar-refractivity contribution in [3.05, 3.63) is 85.1 Å². The van der Waals surface area contributed by atoms with Gasteiger partial charge in [-0.2, -0.15) is 4.99 Å². The van der Waals surface area contributed by atoms with Crippen LogP contribution in [-0.4, -0.2) is 88.6 Å². The van der Waals surface area contributed by atoms with Gasteiger partial charge in [-0.05, 0) is 12.1 Å². The largest absolute Gasteiger partial charge is 0.478 e. The molecule has 0 unspecified atom stereocenters. The molecule has 0 saturated heterocycles. The maximum Gasteiger partial charge on any atom is 0.338 e. The highest BCUT2D eigenvalue weighted by molar-refractivity contribution is 7.81. The summed E-state index contributed by atoms with van der Waals surface area (Å²) < 4.78 is 0. The Balaban J connectivity index is 0.000000336. The molecule has 8 nitrogen and oxygen atoms in total. The van der Waals surface area contributed by atoms with Crippen molar-refractivity contribution in [1.82, 2.24) is 15.0 Å². The third-order valence-corrected chi connectivity index (χ3v) is 5.40. The van der Waals surface area contributed by atoms with E-state index in [-0.39, 0.29) is 48.6 Å². The van der Waals surface area contributed by atoms with Crippen molar-refractivity contribution in [2.75, 3.05) is 0 Å². The third kappa shape index (κ3) is 11.0. The number of halogens is 5. The Morgan fingerprint density at radius 2 is 1.39 bits per heavy atom. The van der Waals surface area contributed by atoms with E-state index in [4.69, 9.17) is 99.8 Å². The van der Waals surface area contributed by atoms with Crippen LogP contribution in [-0.2, 0) is 0 Å². The Labute approximate surface area is 250 Å². The number of aromatic carboxylic acids is 1. The number of hydrogen-bond acceptors (Lipinski definition) is 5. The zero-order valence-corrected chi connectivity index (χ0v) is 22.9. The zero-order valence-electron chi connectivity index (χ0n) is 19.1. The van der Waals surface area contributed by atoms with Crippen molar-refractivity contribution in [3.63, 3.8) is 0 Å². The number of hydrogen-bond donors (Lipinski definition) is 2. The number of aromatic nitrogens is 3. The van der Waals surface area contributed by atoms with Gasteiger partial charge in [-0.25, -0.2) is 9.78 Å². The van der Waals surface area contributed by atoms with E-state index in [9.17, 15) is 9.59 Å². The van der Waals surface area contributed by atoms with E-state index in [0.29, 0.717) is 5.56 Å². The predicted octanol–water partition coefficient (Wildman–Crippen LogP) is 2.40. The molecule has 3 heterocycles. The molecular formula is C18H10B7Cl5N5O3. The van der Waals surface area contributed by atoms with Crippen LogP contribution in [0.5, 0.6) is 0 Å². The summed E-state index contributed by atoms with van der Waals surface area (Å²) in [6.45, 7) is 0. The summed E-state index contributed by atoms with van der Waals surface area (Å²) in [6, 6.07) is 3.07. The monoisotopic (exact) mass is 596 g/mol. The molecule has 0 saturated carbocycles. The van der Waals surface area contributed by atoms with E-state index in [1.54, 1.807) is 6.07 Å². The normalized spacial score (nSPS) is 10.2. The molecule has 3 aromatic heterocycles. The molecule has 0 aliphatic heterocycles. The minimum Gasteiger partial charge on any atom is -0.478 e. The number of nitrogens with zero attached hydrogens (tertiary/aromatic N) is 4. The van der Waals surface area contributed by atoms with Gasteiger partial charge in [-0.15, -0.1) is 0 Å². The number of carboxylic acid groups (broad SMARTS) is 1. The van der Waals surface area contributed by atoms with Gasteiger partial charge in [0.1, 0.15) is 11.0 Å². The highest BCUT2D eigenvalue weighted by Crippen LogP contribution is 2.24. The Morgan fingerprint density at radius 3 is 1.74 bits per heavy atom. The molecule has 0 aliphatic carbocycles. The van der Waals surface area contributed by atoms with Crippen molar-refractivity contribution >= 4 is 126 Å². The SMILES string of the molecule is NC(=NC(=O)c1c(Cl)cncc1Cl)c1ccnc(Cl)c1.O=C(O)c1c(Cl)cncc1Cl.[B][B]B([B])B([B])[B]. The standard InChI is InChI=1S/C12H7Cl3N4O.C6H3Cl2NO2.B7/c13-7-4-17-5-8(14)10(7)12(20)19-11(16)6-1-2-18-9(15)3-6;7-3-1-9-2-4(8)5(3)6(10)11;1-5-7(4)6(2)3/h1-5H,(H2,16,19,20);1-2H,(H,10,11);. The molecule has 0 atom stereocenters. The first kappa shape index (κ1) is 34.0. The lowest BCUT2D eigenvalue weighted by molar-refractivity contribution is 0.0697. The number of rotatable bonds is 5. The fourth-order valence-electron chi connectivity index (χ4n) is 2.15. The van der Waals surface area contributed by atoms with Gasteiger partial charge >= 0.3 is 5.97 Å². The minimum absolute atomic E-state index is 0.0109. The van der Waals surface area contributed by atoms with Crippen LogP contribution in [0.3, 0.4) is 0 Å². The van der Waals surface area contributed by atoms with Crippen LogP contribution in [0.1, 0.15) is 26.3 Å². The second kappa shape index (κ2) is 16.8. The van der Waals surface area contributed by atoms with Gasteiger partial charge in [0.25, 0.3) is 5.91 Å². The van der Waals surface area contributed by atoms with Crippen molar-refractivity contribution in [2.24, 2.45) is 10.7 Å². The number of aliphatic imine (C=N–C) groups is 1. The van der Waals surface area contributed by atoms with E-state index in [1.165, 1.54) is 44.1 Å². The third-order valence-electron chi connectivity index (χ3n) is 4.05. The molecule has 0 aromatic carbocycles. The Bertz CT molecular complexity index is 1270. The number of pyridine rings is 3. The van der Waals surface area contributed by atoms with Crippen LogP contribution in [0.15, 0.2) is 48.1 Å². The molecule has 0 bridgehead atoms. The van der Waals surface area contributed by atoms with Crippen LogP contribution in [0.2, 0.25) is 25.2 Å². The molecule has 3 N–H and O–H groups in total. The lowest BCUT2D eigenvalue weighted by atomic mass is 8.76. The van der Waals surface area contributed by atoms with Gasteiger partial charge in [-0.1, -0.05) is 58.0 Å². The summed E-state index contributed by atoms with van der Waals surface area (Å²) in [5.74, 6) is -1.82. The quantitative estimate of drug-likeness (QED) is 0.200. The molecule has 3 aromatic rings. The lowest BCUT2D eigenvalue weighted by Crippen LogP contribution is -2.43. The summed E-state index contributed by atoms with van der Waals surface area (Å²) in [6.07, 6.45) is 5.60. The molecule has 0 fully saturated rings. The molecule has 3 rings (SSSR count). The number of carboxylic acids is 1. The fraction of sp³-hybridized carbons (Fsp3) is 0. The molecule has 20 heteroatoms. The first-order valence-electron chi connectivity index (χ1n) is 9.93. The van der Waals surface area contributed by atoms with Gasteiger partial charge in [0.05, 0.1) is 31.2 Å². The number of amides is 1. The molecule has 0 aliphatic rings. The van der Waals surface area contributed by atoms with Gasteiger partial charge in [0, 0.05) is 87.3 Å². The second-order valence-electron chi connectivity index (χ2n) is 6.78. The van der Waals surface area contributed by atoms with E-state index in [1.807, 2.05) is 0 Å². The summed E-state index contributed by atoms with van der Waals surface area (Å²) in [7, 11) is 21.6. The molecule has 38 heavy (non-hydrogen) atoms. The number of nitrogens with two attached hydrogens (primary N) is 1. The van der Waals surface area contributed by atoms with Crippen LogP contribution in [0.25, 0.3) is 0 Å². The van der Waals surface area contributed by atoms with Gasteiger partial charge in [0.2, 0.25) is 0 Å². The van der Waals surface area contributed by atoms with E-state index in [2.05, 4.69) is 19.9 Å². The highest BCUT2D eigenvalue weighted by atomic mass is 35.5. The van der Waals surface area contributed by atoms with Gasteiger partial charge in [-0.3, -0.25) is 14.8 Å². The minimum atomic E-state index is -1.15. The summed E-state index contributed by atoms with van der Waals surface area (Å²) in [4.78, 5) is 37.4. The number of amidine groups is 1. The first-order chi connectivity index (χ1) is 17.8. The first-order valence-corrected chi connectivity index (χ1v) is 11.8. The molecule has 181 valence electrons. The van der Waals surface area contributed by atoms with E-state index in [0.717, 1.165) is 0 Å². The van der Waals surface area contributed by atoms with Crippen LogP contribution >= 0.6 is 58.0 Å². The Hall–Kier alpha value is -2.04. The molecule has 0 spiro atoms. The van der Waals surface area contributed by atoms with Crippen LogP contribution < -0.4 is 5.73 Å². The maximum absolute atomic E-state index is 12.0. The molecule has 9 radical (unpaired) electrons. The Kier molecular flexibility index (Phi) is 15.0. The highest BCUT2D eigenvalue weighted by Gasteiger charge is 2.16. The summed E-state index contributed by atoms with van der Waals surface area (Å²) in [5.41, 5.74) is 6.15. The van der Waals surface area contributed by atoms with Gasteiger partial charge < -0.3 is 10.8 Å². The number of carbonyl (C=O) groups excluding carboxylic acids is 1. The van der Waals surface area contributed by atoms with Gasteiger partial charge in [0.15, 0.2) is 0 Å². The smallest absolute Gasteiger partial charge is 0.338 e. The van der Waals surface area contributed by atoms with Crippen molar-refractivity contribution in [1.29, 1.82) is 0 Å². The average Bonchev–Trinajstić information content (AvgIpc) is 2.83. The van der Waals surface area contributed by atoms with E-state index >= 15 is 0 Å². The zero-order chi connectivity index (χ0) is 29.0. The van der Waals surface area contributed by atoms with E-state index < -0.39 is 18.3 Å². The predicted molar refractivity (Wildman–Crippen MR) is 160 cm³/mol. The summed E-state index contributed by atoms with van der Waals surface area (Å²) in [5, 5.41) is 9.09.